The molecular formula is C24H24F3NO7S2. The van der Waals surface area contributed by atoms with Gasteiger partial charge in [-0.15, -0.1) is 0 Å². The van der Waals surface area contributed by atoms with E-state index in [1.54, 1.807) is 6.07 Å². The predicted molar refractivity (Wildman–Crippen MR) is 128 cm³/mol. The van der Waals surface area contributed by atoms with Crippen molar-refractivity contribution >= 4 is 20.1 Å². The molecule has 0 saturated carbocycles. The van der Waals surface area contributed by atoms with E-state index in [0.717, 1.165) is 22.5 Å². The summed E-state index contributed by atoms with van der Waals surface area (Å²) in [5.41, 5.74) is -0.756. The number of alkyl halides is 3. The van der Waals surface area contributed by atoms with E-state index >= 15 is 0 Å². The summed E-state index contributed by atoms with van der Waals surface area (Å²) in [7, 11) is -5.69. The van der Waals surface area contributed by atoms with Gasteiger partial charge in [0.15, 0.2) is 0 Å². The van der Waals surface area contributed by atoms with Gasteiger partial charge in [0, 0.05) is 20.2 Å². The number of halogens is 3. The Kier molecular flexibility index (Phi) is 8.84. The second-order valence-corrected chi connectivity index (χ2v) is 11.2. The Labute approximate surface area is 213 Å². The van der Waals surface area contributed by atoms with Crippen LogP contribution in [0.25, 0.3) is 0 Å². The summed E-state index contributed by atoms with van der Waals surface area (Å²) in [5, 5.41) is 0. The maximum absolute atomic E-state index is 13.3. The van der Waals surface area contributed by atoms with Crippen molar-refractivity contribution in [3.8, 4) is 11.5 Å². The third-order valence-corrected chi connectivity index (χ3v) is 8.26. The third-order valence-electron chi connectivity index (χ3n) is 5.16. The molecule has 0 aliphatic rings. The molecule has 0 aliphatic heterocycles. The van der Waals surface area contributed by atoms with Crippen LogP contribution in [0.5, 0.6) is 11.5 Å². The zero-order valence-electron chi connectivity index (χ0n) is 19.8. The van der Waals surface area contributed by atoms with Gasteiger partial charge >= 0.3 is 16.3 Å². The Bertz CT molecular complexity index is 1430. The Morgan fingerprint density at radius 2 is 1.49 bits per heavy atom. The molecule has 3 aromatic rings. The van der Waals surface area contributed by atoms with Crippen LogP contribution in [0.4, 0.5) is 13.2 Å². The summed E-state index contributed by atoms with van der Waals surface area (Å²) in [4.78, 5) is -0.652. The first-order valence-corrected chi connectivity index (χ1v) is 13.6. The zero-order chi connectivity index (χ0) is 27.3. The van der Waals surface area contributed by atoms with E-state index in [-0.39, 0.29) is 30.3 Å². The first-order valence-electron chi connectivity index (χ1n) is 10.7. The van der Waals surface area contributed by atoms with Crippen molar-refractivity contribution in [2.45, 2.75) is 22.5 Å². The van der Waals surface area contributed by atoms with Crippen LogP contribution in [0.2, 0.25) is 0 Å². The molecule has 0 saturated heterocycles. The van der Waals surface area contributed by atoms with Crippen LogP contribution in [-0.4, -0.2) is 48.5 Å². The monoisotopic (exact) mass is 559 g/mol. The van der Waals surface area contributed by atoms with E-state index in [0.29, 0.717) is 17.4 Å². The summed E-state index contributed by atoms with van der Waals surface area (Å²) in [5.74, 6) is 0.290. The Morgan fingerprint density at radius 1 is 0.811 bits per heavy atom. The van der Waals surface area contributed by atoms with Gasteiger partial charge in [0.25, 0.3) is 0 Å². The SMILES string of the molecule is COCCN(Cc1cccc(OS(=O)(=O)c2cccc(C(F)(F)F)c2)c1)S(=O)(=O)c1ccc(OC)cc1. The minimum absolute atomic E-state index is 0.00151. The van der Waals surface area contributed by atoms with Gasteiger partial charge in [0.05, 0.1) is 24.2 Å². The van der Waals surface area contributed by atoms with E-state index in [2.05, 4.69) is 0 Å². The van der Waals surface area contributed by atoms with E-state index < -0.39 is 36.8 Å². The topological polar surface area (TPSA) is 99.2 Å². The molecule has 8 nitrogen and oxygen atoms in total. The number of methoxy groups -OCH3 is 2. The Morgan fingerprint density at radius 3 is 2.11 bits per heavy atom. The summed E-state index contributed by atoms with van der Waals surface area (Å²) >= 11 is 0. The van der Waals surface area contributed by atoms with Crippen LogP contribution >= 0.6 is 0 Å². The number of benzene rings is 3. The van der Waals surface area contributed by atoms with Crippen molar-refractivity contribution in [3.63, 3.8) is 0 Å². The predicted octanol–water partition coefficient (Wildman–Crippen LogP) is 4.32. The highest BCUT2D eigenvalue weighted by Gasteiger charge is 2.32. The van der Waals surface area contributed by atoms with Gasteiger partial charge in [-0.25, -0.2) is 8.42 Å². The first kappa shape index (κ1) is 28.4. The molecule has 0 aliphatic carbocycles. The van der Waals surface area contributed by atoms with Gasteiger partial charge < -0.3 is 13.7 Å². The fraction of sp³-hybridized carbons (Fsp3) is 0.250. The minimum Gasteiger partial charge on any atom is -0.497 e. The molecule has 0 bridgehead atoms. The average Bonchev–Trinajstić information content (AvgIpc) is 2.86. The van der Waals surface area contributed by atoms with Gasteiger partial charge in [-0.3, -0.25) is 0 Å². The molecule has 200 valence electrons. The fourth-order valence-electron chi connectivity index (χ4n) is 3.28. The van der Waals surface area contributed by atoms with Crippen LogP contribution in [-0.2, 0) is 37.6 Å². The number of hydrogen-bond acceptors (Lipinski definition) is 7. The summed E-state index contributed by atoms with van der Waals surface area (Å²) in [6.07, 6.45) is -4.73. The van der Waals surface area contributed by atoms with E-state index in [9.17, 15) is 30.0 Å². The number of sulfonamides is 1. The van der Waals surface area contributed by atoms with Crippen LogP contribution in [0.3, 0.4) is 0 Å². The molecule has 0 unspecified atom stereocenters. The van der Waals surface area contributed by atoms with Crippen LogP contribution < -0.4 is 8.92 Å². The number of ether oxygens (including phenoxy) is 2. The Balaban J connectivity index is 1.86. The summed E-state index contributed by atoms with van der Waals surface area (Å²) in [6, 6.07) is 14.6. The molecule has 0 N–H and O–H groups in total. The van der Waals surface area contributed by atoms with Gasteiger partial charge in [-0.1, -0.05) is 18.2 Å². The molecular weight excluding hydrogens is 535 g/mol. The lowest BCUT2D eigenvalue weighted by Crippen LogP contribution is -2.33. The van der Waals surface area contributed by atoms with Gasteiger partial charge in [-0.2, -0.15) is 25.9 Å². The zero-order valence-corrected chi connectivity index (χ0v) is 21.4. The molecule has 0 fully saturated rings. The van der Waals surface area contributed by atoms with E-state index in [1.807, 2.05) is 0 Å². The number of hydrogen-bond donors (Lipinski definition) is 0. The molecule has 0 aromatic heterocycles. The Hall–Kier alpha value is -3.13. The minimum atomic E-state index is -4.73. The molecule has 3 aromatic carbocycles. The van der Waals surface area contributed by atoms with E-state index in [4.69, 9.17) is 13.7 Å². The fourth-order valence-corrected chi connectivity index (χ4v) is 5.66. The number of rotatable bonds is 11. The average molecular weight is 560 g/mol. The highest BCUT2D eigenvalue weighted by atomic mass is 32.2. The maximum atomic E-state index is 13.3. The lowest BCUT2D eigenvalue weighted by Gasteiger charge is -2.22. The number of nitrogens with zero attached hydrogens (tertiary/aromatic N) is 1. The molecule has 0 spiro atoms. The lowest BCUT2D eigenvalue weighted by atomic mass is 10.2. The van der Waals surface area contributed by atoms with Gasteiger partial charge in [0.2, 0.25) is 10.0 Å². The van der Waals surface area contributed by atoms with Crippen molar-refractivity contribution in [1.82, 2.24) is 4.31 Å². The molecule has 0 radical (unpaired) electrons. The normalized spacial score (nSPS) is 12.5. The van der Waals surface area contributed by atoms with Crippen molar-refractivity contribution in [2.75, 3.05) is 27.4 Å². The molecule has 3 rings (SSSR count). The van der Waals surface area contributed by atoms with Crippen LogP contribution in [0.1, 0.15) is 11.1 Å². The molecule has 0 atom stereocenters. The highest BCUT2D eigenvalue weighted by molar-refractivity contribution is 7.89. The maximum Gasteiger partial charge on any atom is 0.416 e. The second-order valence-electron chi connectivity index (χ2n) is 7.72. The molecule has 0 heterocycles. The van der Waals surface area contributed by atoms with Crippen molar-refractivity contribution < 1.29 is 43.7 Å². The van der Waals surface area contributed by atoms with Crippen LogP contribution in [0.15, 0.2) is 82.6 Å². The molecule has 37 heavy (non-hydrogen) atoms. The smallest absolute Gasteiger partial charge is 0.416 e. The van der Waals surface area contributed by atoms with Crippen LogP contribution in [0, 0.1) is 0 Å². The summed E-state index contributed by atoms with van der Waals surface area (Å²) in [6.45, 7) is -0.0630. The molecule has 13 heteroatoms. The van der Waals surface area contributed by atoms with Crippen molar-refractivity contribution in [2.24, 2.45) is 0 Å². The highest BCUT2D eigenvalue weighted by Crippen LogP contribution is 2.31. The quantitative estimate of drug-likeness (QED) is 0.323. The standard InChI is InChI=1S/C24H24F3NO7S2/c1-33-14-13-28(36(29,30)22-11-9-20(34-2)10-12-22)17-18-5-3-7-21(15-18)35-37(31,32)23-8-4-6-19(16-23)24(25,26)27/h3-12,15-16H,13-14,17H2,1-2H3. The second kappa shape index (κ2) is 11.5. The largest absolute Gasteiger partial charge is 0.497 e. The third kappa shape index (κ3) is 7.22. The van der Waals surface area contributed by atoms with Gasteiger partial charge in [0.1, 0.15) is 16.4 Å². The van der Waals surface area contributed by atoms with E-state index in [1.165, 1.54) is 56.7 Å². The first-order chi connectivity index (χ1) is 17.4. The van der Waals surface area contributed by atoms with Crippen molar-refractivity contribution in [1.29, 1.82) is 0 Å². The lowest BCUT2D eigenvalue weighted by molar-refractivity contribution is -0.137. The van der Waals surface area contributed by atoms with Crippen molar-refractivity contribution in [3.05, 3.63) is 83.9 Å². The van der Waals surface area contributed by atoms with Gasteiger partial charge in [-0.05, 0) is 60.2 Å². The summed E-state index contributed by atoms with van der Waals surface area (Å²) < 4.78 is 107. The molecule has 0 amide bonds.